The molecular formula is C34H49N5O6S. The van der Waals surface area contributed by atoms with Crippen LogP contribution in [0.4, 0.5) is 4.79 Å². The maximum absolute atomic E-state index is 13.9. The van der Waals surface area contributed by atoms with Crippen molar-refractivity contribution in [1.29, 1.82) is 0 Å². The number of hydrogen-bond acceptors (Lipinski definition) is 9. The van der Waals surface area contributed by atoms with Crippen LogP contribution >= 0.6 is 11.3 Å². The molecule has 0 spiro atoms. The number of amides is 3. The van der Waals surface area contributed by atoms with Gasteiger partial charge in [-0.1, -0.05) is 62.4 Å². The summed E-state index contributed by atoms with van der Waals surface area (Å²) in [6.07, 6.45) is 6.84. The molecule has 4 N–H and O–H groups in total. The molecule has 0 aliphatic heterocycles. The Labute approximate surface area is 276 Å². The van der Waals surface area contributed by atoms with Crippen molar-refractivity contribution in [1.82, 2.24) is 25.4 Å². The van der Waals surface area contributed by atoms with Crippen molar-refractivity contribution in [2.24, 2.45) is 5.92 Å². The van der Waals surface area contributed by atoms with Gasteiger partial charge in [-0.25, -0.2) is 9.78 Å². The molecule has 1 aliphatic rings. The largest absolute Gasteiger partial charge is 0.436 e. The highest BCUT2D eigenvalue weighted by molar-refractivity contribution is 7.07. The van der Waals surface area contributed by atoms with Crippen LogP contribution in [0.2, 0.25) is 0 Å². The summed E-state index contributed by atoms with van der Waals surface area (Å²) >= 11 is 1.36. The minimum Gasteiger partial charge on any atom is -0.436 e. The van der Waals surface area contributed by atoms with Crippen molar-refractivity contribution >= 4 is 29.2 Å². The van der Waals surface area contributed by atoms with Crippen molar-refractivity contribution in [3.63, 3.8) is 0 Å². The number of ether oxygens (including phenoxy) is 1. The fourth-order valence-corrected chi connectivity index (χ4v) is 6.12. The normalized spacial score (nSPS) is 16.8. The lowest BCUT2D eigenvalue weighted by Gasteiger charge is -2.33. The molecule has 5 atom stereocenters. The lowest BCUT2D eigenvalue weighted by Crippen LogP contribution is -2.57. The average Bonchev–Trinajstić information content (AvgIpc) is 3.56. The van der Waals surface area contributed by atoms with Gasteiger partial charge in [0.05, 0.1) is 23.4 Å². The first-order valence-electron chi connectivity index (χ1n) is 15.9. The number of rotatable bonds is 17. The number of nitrogens with zero attached hydrogens (tertiary/aromatic N) is 3. The predicted molar refractivity (Wildman–Crippen MR) is 178 cm³/mol. The second-order valence-corrected chi connectivity index (χ2v) is 13.1. The Morgan fingerprint density at radius 3 is 2.39 bits per heavy atom. The number of aliphatic hydroxyl groups excluding tert-OH is 2. The lowest BCUT2D eigenvalue weighted by molar-refractivity contribution is -0.135. The van der Waals surface area contributed by atoms with Gasteiger partial charge in [-0.15, -0.1) is 23.7 Å². The van der Waals surface area contributed by atoms with E-state index in [1.54, 1.807) is 17.9 Å². The highest BCUT2D eigenvalue weighted by Crippen LogP contribution is 2.28. The van der Waals surface area contributed by atoms with Crippen LogP contribution in [0.5, 0.6) is 0 Å². The van der Waals surface area contributed by atoms with Gasteiger partial charge in [0.25, 0.3) is 5.91 Å². The van der Waals surface area contributed by atoms with Gasteiger partial charge in [0.15, 0.2) is 6.10 Å². The van der Waals surface area contributed by atoms with E-state index in [0.29, 0.717) is 25.2 Å². The van der Waals surface area contributed by atoms with Gasteiger partial charge in [0.1, 0.15) is 12.1 Å². The minimum atomic E-state index is -1.29. The van der Waals surface area contributed by atoms with E-state index < -0.39 is 48.3 Å². The summed E-state index contributed by atoms with van der Waals surface area (Å²) in [4.78, 5) is 48.4. The summed E-state index contributed by atoms with van der Waals surface area (Å²) in [5.74, 6) is 1.48. The first-order chi connectivity index (χ1) is 22.1. The van der Waals surface area contributed by atoms with Gasteiger partial charge in [0, 0.05) is 44.8 Å². The number of aromatic nitrogens is 1. The Balaban J connectivity index is 1.82. The Hall–Kier alpha value is -3.50. The first kappa shape index (κ1) is 37.0. The first-order valence-corrected chi connectivity index (χ1v) is 16.9. The molecule has 1 aliphatic carbocycles. The Morgan fingerprint density at radius 1 is 1.04 bits per heavy atom. The van der Waals surface area contributed by atoms with Crippen molar-refractivity contribution in [3.8, 4) is 12.3 Å². The molecule has 0 radical (unpaired) electrons. The van der Waals surface area contributed by atoms with Crippen LogP contribution in [0.25, 0.3) is 0 Å². The molecule has 3 rings (SSSR count). The van der Waals surface area contributed by atoms with Crippen molar-refractivity contribution < 1.29 is 29.3 Å². The van der Waals surface area contributed by atoms with Crippen molar-refractivity contribution in [2.75, 3.05) is 34.2 Å². The third-order valence-corrected chi connectivity index (χ3v) is 8.93. The van der Waals surface area contributed by atoms with E-state index in [9.17, 15) is 24.6 Å². The second-order valence-electron chi connectivity index (χ2n) is 12.4. The van der Waals surface area contributed by atoms with Crippen molar-refractivity contribution in [3.05, 3.63) is 52.5 Å². The van der Waals surface area contributed by atoms with Gasteiger partial charge >= 0.3 is 6.09 Å². The number of carbonyl (C=O) groups is 3. The zero-order chi connectivity index (χ0) is 33.5. The number of likely N-dealkylation sites (N-methyl/N-ethyl adjacent to an activating group) is 2. The molecule has 1 saturated carbocycles. The molecule has 12 heteroatoms. The molecule has 3 amide bonds. The fraction of sp³-hybridized carbons (Fsp3) is 0.588. The van der Waals surface area contributed by atoms with E-state index in [0.717, 1.165) is 37.7 Å². The monoisotopic (exact) mass is 655 g/mol. The third-order valence-electron chi connectivity index (χ3n) is 8.30. The van der Waals surface area contributed by atoms with E-state index in [1.807, 2.05) is 49.3 Å². The summed E-state index contributed by atoms with van der Waals surface area (Å²) in [7, 11) is 5.40. The number of hydrogen-bond donors (Lipinski definition) is 4. The molecule has 252 valence electrons. The number of benzene rings is 1. The maximum Gasteiger partial charge on any atom is 0.410 e. The van der Waals surface area contributed by atoms with Gasteiger partial charge in [-0.05, 0) is 32.0 Å². The summed E-state index contributed by atoms with van der Waals surface area (Å²) in [6, 6.07) is 7.32. The summed E-state index contributed by atoms with van der Waals surface area (Å²) in [5, 5.41) is 29.1. The predicted octanol–water partition coefficient (Wildman–Crippen LogP) is 2.61. The van der Waals surface area contributed by atoms with E-state index in [2.05, 4.69) is 21.5 Å². The molecule has 2 aromatic rings. The molecule has 3 unspecified atom stereocenters. The molecule has 46 heavy (non-hydrogen) atoms. The Bertz CT molecular complexity index is 1250. The maximum atomic E-state index is 13.9. The second kappa shape index (κ2) is 19.2. The van der Waals surface area contributed by atoms with E-state index in [4.69, 9.17) is 11.2 Å². The highest BCUT2D eigenvalue weighted by Gasteiger charge is 2.34. The van der Waals surface area contributed by atoms with E-state index >= 15 is 0 Å². The SMILES string of the molecule is C#CCC(O)[C@H](O)C(CC1CCCCC1)NC(=O)[C@H](Cc1cscn1)NC(=O)C(Cc1ccccc1)OC(=O)N(C)CCN(C)C. The van der Waals surface area contributed by atoms with Gasteiger partial charge in [-0.3, -0.25) is 9.59 Å². The van der Waals surface area contributed by atoms with E-state index in [-0.39, 0.29) is 25.2 Å². The smallest absolute Gasteiger partial charge is 0.410 e. The summed E-state index contributed by atoms with van der Waals surface area (Å²) in [5.41, 5.74) is 3.02. The van der Waals surface area contributed by atoms with Gasteiger partial charge < -0.3 is 35.4 Å². The van der Waals surface area contributed by atoms with Gasteiger partial charge in [0.2, 0.25) is 5.91 Å². The summed E-state index contributed by atoms with van der Waals surface area (Å²) < 4.78 is 5.72. The topological polar surface area (TPSA) is 144 Å². The zero-order valence-corrected chi connectivity index (χ0v) is 28.0. The Kier molecular flexibility index (Phi) is 15.5. The molecule has 1 heterocycles. The standard InChI is InChI=1S/C34H49N5O6S/c1-5-12-29(40)31(41)27(19-24-13-8-6-9-14-24)36-32(42)28(21-26-22-46-23-35-26)37-33(43)30(20-25-15-10-7-11-16-25)45-34(44)39(4)18-17-38(2)3/h1,7,10-11,15-16,22-24,27-31,40-41H,6,8-9,12-14,17-21H2,2-4H3,(H,36,42)(H,37,43)/t27?,28-,29?,30?,31+/m0/s1. The lowest BCUT2D eigenvalue weighted by atomic mass is 9.82. The molecule has 11 nitrogen and oxygen atoms in total. The molecule has 0 bridgehead atoms. The fourth-order valence-electron chi connectivity index (χ4n) is 5.55. The van der Waals surface area contributed by atoms with Crippen LogP contribution in [0, 0.1) is 18.3 Å². The van der Waals surface area contributed by atoms with Crippen LogP contribution < -0.4 is 10.6 Å². The summed E-state index contributed by atoms with van der Waals surface area (Å²) in [6.45, 7) is 1.01. The molecular weight excluding hydrogens is 606 g/mol. The number of carbonyl (C=O) groups excluding carboxylic acids is 3. The van der Waals surface area contributed by atoms with Gasteiger partial charge in [-0.2, -0.15) is 0 Å². The van der Waals surface area contributed by atoms with Crippen LogP contribution in [-0.2, 0) is 27.2 Å². The highest BCUT2D eigenvalue weighted by atomic mass is 32.1. The molecule has 1 aromatic carbocycles. The molecule has 1 aromatic heterocycles. The number of terminal acetylenes is 1. The van der Waals surface area contributed by atoms with E-state index in [1.165, 1.54) is 16.2 Å². The third kappa shape index (κ3) is 12.4. The Morgan fingerprint density at radius 2 is 1.76 bits per heavy atom. The average molecular weight is 656 g/mol. The molecule has 1 fully saturated rings. The van der Waals surface area contributed by atoms with Crippen LogP contribution in [0.1, 0.15) is 56.2 Å². The number of nitrogens with one attached hydrogen (secondary N) is 2. The van der Waals surface area contributed by atoms with Crippen molar-refractivity contribution in [2.45, 2.75) is 88.2 Å². The number of thiazole rings is 1. The minimum absolute atomic E-state index is 0.0628. The van der Waals surface area contributed by atoms with Crippen LogP contribution in [0.15, 0.2) is 41.2 Å². The zero-order valence-electron chi connectivity index (χ0n) is 27.1. The molecule has 0 saturated heterocycles. The van der Waals surface area contributed by atoms with Crippen LogP contribution in [0.3, 0.4) is 0 Å². The number of aliphatic hydroxyl groups is 2. The van der Waals surface area contributed by atoms with Crippen LogP contribution in [-0.4, -0.2) is 108 Å². The quantitative estimate of drug-likeness (QED) is 0.191.